The Labute approximate surface area is 136 Å². The molecule has 5 heteroatoms. The number of aryl methyl sites for hydroxylation is 1. The van der Waals surface area contributed by atoms with Crippen LogP contribution < -0.4 is 5.32 Å². The molecule has 1 unspecified atom stereocenters. The van der Waals surface area contributed by atoms with Gasteiger partial charge in [0.25, 0.3) is 0 Å². The van der Waals surface area contributed by atoms with Crippen LogP contribution in [0, 0.1) is 5.92 Å². The van der Waals surface area contributed by atoms with Gasteiger partial charge in [-0.1, -0.05) is 42.4 Å². The second-order valence-corrected chi connectivity index (χ2v) is 6.06. The molecule has 23 heavy (non-hydrogen) atoms. The number of hydrogen-bond acceptors (Lipinski definition) is 4. The second-order valence-electron chi connectivity index (χ2n) is 6.06. The highest BCUT2D eigenvalue weighted by Gasteiger charge is 2.28. The first-order chi connectivity index (χ1) is 11.2. The molecule has 0 aliphatic carbocycles. The van der Waals surface area contributed by atoms with Gasteiger partial charge in [-0.2, -0.15) is 0 Å². The van der Waals surface area contributed by atoms with E-state index in [9.17, 15) is 4.79 Å². The Hall–Kier alpha value is -2.14. The molecule has 1 fully saturated rings. The summed E-state index contributed by atoms with van der Waals surface area (Å²) in [6.45, 7) is 5.14. The predicted molar refractivity (Wildman–Crippen MR) is 87.6 cm³/mol. The van der Waals surface area contributed by atoms with Gasteiger partial charge < -0.3 is 9.84 Å². The summed E-state index contributed by atoms with van der Waals surface area (Å²) in [6.07, 6.45) is 1.75. The first kappa shape index (κ1) is 15.7. The normalized spacial score (nSPS) is 18.2. The molecule has 1 aromatic carbocycles. The molecule has 2 aromatic rings. The molecule has 0 radical (unpaired) electrons. The number of amides is 1. The van der Waals surface area contributed by atoms with Crippen LogP contribution in [0.2, 0.25) is 0 Å². The Morgan fingerprint density at radius 2 is 2.22 bits per heavy atom. The Bertz CT molecular complexity index is 639. The van der Waals surface area contributed by atoms with E-state index < -0.39 is 0 Å². The van der Waals surface area contributed by atoms with Crippen molar-refractivity contribution in [3.05, 3.63) is 53.4 Å². The third-order valence-corrected chi connectivity index (χ3v) is 4.30. The molecule has 3 rings (SSSR count). The van der Waals surface area contributed by atoms with Crippen molar-refractivity contribution >= 4 is 5.91 Å². The van der Waals surface area contributed by atoms with Gasteiger partial charge in [-0.3, -0.25) is 9.69 Å². The van der Waals surface area contributed by atoms with Crippen LogP contribution in [-0.4, -0.2) is 29.1 Å². The first-order valence-electron chi connectivity index (χ1n) is 8.23. The van der Waals surface area contributed by atoms with Crippen molar-refractivity contribution in [1.29, 1.82) is 0 Å². The molecule has 1 amide bonds. The fourth-order valence-electron chi connectivity index (χ4n) is 2.96. The number of nitrogens with zero attached hydrogens (tertiary/aromatic N) is 2. The fraction of sp³-hybridized carbons (Fsp3) is 0.444. The number of benzene rings is 1. The molecule has 1 N–H and O–H groups in total. The van der Waals surface area contributed by atoms with E-state index in [1.54, 1.807) is 0 Å². The summed E-state index contributed by atoms with van der Waals surface area (Å²) in [5, 5.41) is 6.90. The molecule has 0 saturated carbocycles. The molecule has 2 heterocycles. The standard InChI is InChI=1S/C18H23N3O2/c1-2-16-10-17(23-20-16)11-19-18(22)15-8-9-21(13-15)12-14-6-4-3-5-7-14/h3-7,10,15H,2,8-9,11-13H2,1H3,(H,19,22). The van der Waals surface area contributed by atoms with E-state index >= 15 is 0 Å². The van der Waals surface area contributed by atoms with E-state index in [1.807, 2.05) is 19.1 Å². The van der Waals surface area contributed by atoms with Crippen molar-refractivity contribution in [2.75, 3.05) is 13.1 Å². The smallest absolute Gasteiger partial charge is 0.224 e. The minimum absolute atomic E-state index is 0.0623. The number of aromatic nitrogens is 1. The van der Waals surface area contributed by atoms with Crippen molar-refractivity contribution in [2.45, 2.75) is 32.9 Å². The maximum atomic E-state index is 12.3. The Balaban J connectivity index is 1.45. The minimum Gasteiger partial charge on any atom is -0.359 e. The summed E-state index contributed by atoms with van der Waals surface area (Å²) in [4.78, 5) is 14.6. The summed E-state index contributed by atoms with van der Waals surface area (Å²) in [7, 11) is 0. The quantitative estimate of drug-likeness (QED) is 0.889. The monoisotopic (exact) mass is 313 g/mol. The van der Waals surface area contributed by atoms with Gasteiger partial charge in [0.2, 0.25) is 5.91 Å². The number of nitrogens with one attached hydrogen (secondary N) is 1. The highest BCUT2D eigenvalue weighted by molar-refractivity contribution is 5.79. The van der Waals surface area contributed by atoms with Crippen LogP contribution in [-0.2, 0) is 24.3 Å². The van der Waals surface area contributed by atoms with E-state index in [-0.39, 0.29) is 11.8 Å². The van der Waals surface area contributed by atoms with Crippen molar-refractivity contribution in [2.24, 2.45) is 5.92 Å². The molecular weight excluding hydrogens is 290 g/mol. The largest absolute Gasteiger partial charge is 0.359 e. The molecule has 1 saturated heterocycles. The summed E-state index contributed by atoms with van der Waals surface area (Å²) in [5.74, 6) is 0.886. The van der Waals surface area contributed by atoms with Crippen molar-refractivity contribution in [3.8, 4) is 0 Å². The average molecular weight is 313 g/mol. The summed E-state index contributed by atoms with van der Waals surface area (Å²) in [6, 6.07) is 12.3. The molecule has 1 aliphatic heterocycles. The Kier molecular flexibility index (Phi) is 5.08. The van der Waals surface area contributed by atoms with Gasteiger partial charge in [0, 0.05) is 19.2 Å². The van der Waals surface area contributed by atoms with Gasteiger partial charge in [0.05, 0.1) is 18.2 Å². The predicted octanol–water partition coefficient (Wildman–Crippen LogP) is 2.38. The molecule has 5 nitrogen and oxygen atoms in total. The number of likely N-dealkylation sites (tertiary alicyclic amines) is 1. The van der Waals surface area contributed by atoms with Crippen LogP contribution in [0.25, 0.3) is 0 Å². The maximum absolute atomic E-state index is 12.3. The lowest BCUT2D eigenvalue weighted by atomic mass is 10.1. The number of carbonyl (C=O) groups is 1. The molecule has 1 aliphatic rings. The maximum Gasteiger partial charge on any atom is 0.224 e. The topological polar surface area (TPSA) is 58.4 Å². The lowest BCUT2D eigenvalue weighted by Crippen LogP contribution is -2.32. The van der Waals surface area contributed by atoms with Crippen LogP contribution in [0.15, 0.2) is 40.9 Å². The zero-order valence-electron chi connectivity index (χ0n) is 13.5. The summed E-state index contributed by atoms with van der Waals surface area (Å²) < 4.78 is 5.19. The van der Waals surface area contributed by atoms with Gasteiger partial charge in [-0.05, 0) is 24.9 Å². The number of hydrogen-bond donors (Lipinski definition) is 1. The van der Waals surface area contributed by atoms with Gasteiger partial charge >= 0.3 is 0 Å². The van der Waals surface area contributed by atoms with E-state index in [1.165, 1.54) is 5.56 Å². The molecule has 122 valence electrons. The molecular formula is C18H23N3O2. The third-order valence-electron chi connectivity index (χ3n) is 4.30. The Morgan fingerprint density at radius 3 is 2.96 bits per heavy atom. The first-order valence-corrected chi connectivity index (χ1v) is 8.23. The van der Waals surface area contributed by atoms with Crippen LogP contribution in [0.1, 0.15) is 30.4 Å². The van der Waals surface area contributed by atoms with Crippen molar-refractivity contribution in [3.63, 3.8) is 0 Å². The average Bonchev–Trinajstić information content (AvgIpc) is 3.23. The van der Waals surface area contributed by atoms with Crippen LogP contribution >= 0.6 is 0 Å². The van der Waals surface area contributed by atoms with Gasteiger partial charge in [-0.15, -0.1) is 0 Å². The molecule has 0 spiro atoms. The van der Waals surface area contributed by atoms with Crippen molar-refractivity contribution < 1.29 is 9.32 Å². The molecule has 1 atom stereocenters. The minimum atomic E-state index is 0.0623. The summed E-state index contributed by atoms with van der Waals surface area (Å²) in [5.41, 5.74) is 2.21. The fourth-order valence-corrected chi connectivity index (χ4v) is 2.96. The van der Waals surface area contributed by atoms with E-state index in [4.69, 9.17) is 4.52 Å². The van der Waals surface area contributed by atoms with Crippen molar-refractivity contribution in [1.82, 2.24) is 15.4 Å². The van der Waals surface area contributed by atoms with Crippen LogP contribution in [0.5, 0.6) is 0 Å². The molecule has 1 aromatic heterocycles. The highest BCUT2D eigenvalue weighted by Crippen LogP contribution is 2.19. The Morgan fingerprint density at radius 1 is 1.39 bits per heavy atom. The number of rotatable bonds is 6. The lowest BCUT2D eigenvalue weighted by Gasteiger charge is -2.15. The number of carbonyl (C=O) groups excluding carboxylic acids is 1. The van der Waals surface area contributed by atoms with E-state index in [2.05, 4.69) is 39.6 Å². The van der Waals surface area contributed by atoms with Gasteiger partial charge in [0.15, 0.2) is 5.76 Å². The van der Waals surface area contributed by atoms with Gasteiger partial charge in [-0.25, -0.2) is 0 Å². The van der Waals surface area contributed by atoms with E-state index in [0.717, 1.165) is 38.2 Å². The second kappa shape index (κ2) is 7.42. The lowest BCUT2D eigenvalue weighted by molar-refractivity contribution is -0.124. The zero-order chi connectivity index (χ0) is 16.1. The van der Waals surface area contributed by atoms with Crippen LogP contribution in [0.4, 0.5) is 0 Å². The third kappa shape index (κ3) is 4.20. The highest BCUT2D eigenvalue weighted by atomic mass is 16.5. The molecule has 0 bridgehead atoms. The van der Waals surface area contributed by atoms with E-state index in [0.29, 0.717) is 12.3 Å². The van der Waals surface area contributed by atoms with Gasteiger partial charge in [0.1, 0.15) is 0 Å². The SMILES string of the molecule is CCc1cc(CNC(=O)C2CCN(Cc3ccccc3)C2)on1. The van der Waals surface area contributed by atoms with Crippen LogP contribution in [0.3, 0.4) is 0 Å². The zero-order valence-corrected chi connectivity index (χ0v) is 13.5. The summed E-state index contributed by atoms with van der Waals surface area (Å²) >= 11 is 0.